The molecule has 0 fully saturated rings. The van der Waals surface area contributed by atoms with Gasteiger partial charge in [-0.15, -0.1) is 0 Å². The highest BCUT2D eigenvalue weighted by Gasteiger charge is 2.26. The molecule has 0 spiro atoms. The Bertz CT molecular complexity index is 405. The number of amides is 1. The molecule has 0 heterocycles. The van der Waals surface area contributed by atoms with E-state index >= 15 is 0 Å². The highest BCUT2D eigenvalue weighted by atomic mass is 16.6. The highest BCUT2D eigenvalue weighted by Crippen LogP contribution is 2.10. The second kappa shape index (κ2) is 6.64. The van der Waals surface area contributed by atoms with Crippen LogP contribution in [0.1, 0.15) is 19.4 Å². The molecule has 5 heteroatoms. The molecule has 0 radical (unpaired) electrons. The number of benzene rings is 1. The molecule has 1 aromatic carbocycles. The molecule has 1 amide bonds. The van der Waals surface area contributed by atoms with Crippen LogP contribution < -0.4 is 0 Å². The predicted octanol–water partition coefficient (Wildman–Crippen LogP) is 2.12. The summed E-state index contributed by atoms with van der Waals surface area (Å²) in [5.41, 5.74) is 0.860. The van der Waals surface area contributed by atoms with E-state index < -0.39 is 18.1 Å². The quantitative estimate of drug-likeness (QED) is 0.870. The van der Waals surface area contributed by atoms with E-state index in [0.29, 0.717) is 0 Å². The van der Waals surface area contributed by atoms with Gasteiger partial charge >= 0.3 is 12.1 Å². The fourth-order valence-electron chi connectivity index (χ4n) is 1.48. The van der Waals surface area contributed by atoms with E-state index in [0.717, 1.165) is 5.56 Å². The minimum absolute atomic E-state index is 0.215. The zero-order chi connectivity index (χ0) is 13.5. The minimum atomic E-state index is -1.06. The molecule has 98 valence electrons. The summed E-state index contributed by atoms with van der Waals surface area (Å²) in [4.78, 5) is 23.9. The first-order valence-electron chi connectivity index (χ1n) is 5.76. The van der Waals surface area contributed by atoms with Crippen LogP contribution in [-0.4, -0.2) is 34.7 Å². The average Bonchev–Trinajstić information content (AvgIpc) is 2.36. The fraction of sp³-hybridized carbons (Fsp3) is 0.385. The van der Waals surface area contributed by atoms with Crippen LogP contribution in [0, 0.1) is 0 Å². The maximum atomic E-state index is 11.7. The largest absolute Gasteiger partial charge is 0.480 e. The molecule has 1 aromatic rings. The van der Waals surface area contributed by atoms with E-state index in [2.05, 4.69) is 0 Å². The van der Waals surface area contributed by atoms with Crippen molar-refractivity contribution in [2.45, 2.75) is 26.4 Å². The summed E-state index contributed by atoms with van der Waals surface area (Å²) >= 11 is 0. The Morgan fingerprint density at radius 1 is 1.33 bits per heavy atom. The summed E-state index contributed by atoms with van der Waals surface area (Å²) in [5, 5.41) is 9.00. The number of aliphatic carboxylic acids is 1. The van der Waals surface area contributed by atoms with Gasteiger partial charge in [0.05, 0.1) is 6.61 Å². The van der Waals surface area contributed by atoms with Gasteiger partial charge in [0.15, 0.2) is 0 Å². The second-order valence-electron chi connectivity index (χ2n) is 3.83. The van der Waals surface area contributed by atoms with Gasteiger partial charge in [0.2, 0.25) is 0 Å². The SMILES string of the molecule is CCOC(=O)N(Cc1ccccc1)[C@@H](C)C(=O)O. The Balaban J connectivity index is 2.84. The summed E-state index contributed by atoms with van der Waals surface area (Å²) in [6.45, 7) is 3.58. The molecule has 18 heavy (non-hydrogen) atoms. The van der Waals surface area contributed by atoms with E-state index in [1.807, 2.05) is 30.3 Å². The van der Waals surface area contributed by atoms with Crippen LogP contribution >= 0.6 is 0 Å². The molecule has 0 bridgehead atoms. The molecular weight excluding hydrogens is 234 g/mol. The molecule has 1 atom stereocenters. The van der Waals surface area contributed by atoms with Crippen LogP contribution in [0.3, 0.4) is 0 Å². The van der Waals surface area contributed by atoms with Crippen molar-refractivity contribution in [1.29, 1.82) is 0 Å². The van der Waals surface area contributed by atoms with Crippen molar-refractivity contribution in [3.05, 3.63) is 35.9 Å². The summed E-state index contributed by atoms with van der Waals surface area (Å²) in [5.74, 6) is -1.06. The topological polar surface area (TPSA) is 66.8 Å². The van der Waals surface area contributed by atoms with Crippen LogP contribution in [0.2, 0.25) is 0 Å². The van der Waals surface area contributed by atoms with E-state index in [1.165, 1.54) is 11.8 Å². The van der Waals surface area contributed by atoms with Gasteiger partial charge in [-0.1, -0.05) is 30.3 Å². The van der Waals surface area contributed by atoms with Crippen molar-refractivity contribution < 1.29 is 19.4 Å². The Labute approximate surface area is 106 Å². The lowest BCUT2D eigenvalue weighted by atomic mass is 10.2. The molecule has 0 aliphatic rings. The lowest BCUT2D eigenvalue weighted by molar-refractivity contribution is -0.142. The van der Waals surface area contributed by atoms with Crippen LogP contribution in [0.25, 0.3) is 0 Å². The first kappa shape index (κ1) is 14.0. The molecule has 0 saturated carbocycles. The zero-order valence-electron chi connectivity index (χ0n) is 10.5. The molecule has 0 unspecified atom stereocenters. The van der Waals surface area contributed by atoms with Crippen LogP contribution in [0.15, 0.2) is 30.3 Å². The number of carboxylic acid groups (broad SMARTS) is 1. The van der Waals surface area contributed by atoms with Crippen molar-refractivity contribution in [3.8, 4) is 0 Å². The monoisotopic (exact) mass is 251 g/mol. The van der Waals surface area contributed by atoms with E-state index in [1.54, 1.807) is 6.92 Å². The molecule has 5 nitrogen and oxygen atoms in total. The molecule has 0 aromatic heterocycles. The summed E-state index contributed by atoms with van der Waals surface area (Å²) in [7, 11) is 0. The summed E-state index contributed by atoms with van der Waals surface area (Å²) < 4.78 is 4.87. The number of rotatable bonds is 5. The van der Waals surface area contributed by atoms with Gasteiger partial charge in [0.1, 0.15) is 6.04 Å². The van der Waals surface area contributed by atoms with Crippen LogP contribution in [0.5, 0.6) is 0 Å². The van der Waals surface area contributed by atoms with Gasteiger partial charge in [-0.05, 0) is 19.4 Å². The minimum Gasteiger partial charge on any atom is -0.480 e. The van der Waals surface area contributed by atoms with E-state index in [-0.39, 0.29) is 13.2 Å². The third-order valence-corrected chi connectivity index (χ3v) is 2.52. The predicted molar refractivity (Wildman–Crippen MR) is 66.1 cm³/mol. The van der Waals surface area contributed by atoms with Gasteiger partial charge in [0, 0.05) is 6.54 Å². The Morgan fingerprint density at radius 3 is 2.44 bits per heavy atom. The number of carboxylic acids is 1. The smallest absolute Gasteiger partial charge is 0.410 e. The Kier molecular flexibility index (Phi) is 5.17. The van der Waals surface area contributed by atoms with Gasteiger partial charge in [0.25, 0.3) is 0 Å². The number of hydrogen-bond acceptors (Lipinski definition) is 3. The first-order chi connectivity index (χ1) is 8.56. The third-order valence-electron chi connectivity index (χ3n) is 2.52. The molecule has 1 N–H and O–H groups in total. The van der Waals surface area contributed by atoms with Gasteiger partial charge in [-0.25, -0.2) is 9.59 Å². The standard InChI is InChI=1S/C13H17NO4/c1-3-18-13(17)14(10(2)12(15)16)9-11-7-5-4-6-8-11/h4-8,10H,3,9H2,1-2H3,(H,15,16)/t10-/m0/s1. The molecule has 1 rings (SSSR count). The lowest BCUT2D eigenvalue weighted by Crippen LogP contribution is -2.43. The van der Waals surface area contributed by atoms with Gasteiger partial charge < -0.3 is 9.84 Å². The third kappa shape index (κ3) is 3.76. The normalized spacial score (nSPS) is 11.7. The molecular formula is C13H17NO4. The van der Waals surface area contributed by atoms with Gasteiger partial charge in [-0.2, -0.15) is 0 Å². The maximum Gasteiger partial charge on any atom is 0.410 e. The second-order valence-corrected chi connectivity index (χ2v) is 3.83. The van der Waals surface area contributed by atoms with Crippen molar-refractivity contribution in [1.82, 2.24) is 4.90 Å². The number of nitrogens with zero attached hydrogens (tertiary/aromatic N) is 1. The lowest BCUT2D eigenvalue weighted by Gasteiger charge is -2.25. The Hall–Kier alpha value is -2.04. The number of carbonyl (C=O) groups excluding carboxylic acids is 1. The van der Waals surface area contributed by atoms with Crippen molar-refractivity contribution in [3.63, 3.8) is 0 Å². The zero-order valence-corrected chi connectivity index (χ0v) is 10.5. The van der Waals surface area contributed by atoms with E-state index in [4.69, 9.17) is 9.84 Å². The number of carbonyl (C=O) groups is 2. The number of ether oxygens (including phenoxy) is 1. The molecule has 0 aliphatic heterocycles. The summed E-state index contributed by atoms with van der Waals surface area (Å²) in [6.07, 6.45) is -0.615. The highest BCUT2D eigenvalue weighted by molar-refractivity contribution is 5.79. The van der Waals surface area contributed by atoms with Crippen molar-refractivity contribution in [2.75, 3.05) is 6.61 Å². The summed E-state index contributed by atoms with van der Waals surface area (Å²) in [6, 6.07) is 8.28. The van der Waals surface area contributed by atoms with Crippen LogP contribution in [0.4, 0.5) is 4.79 Å². The maximum absolute atomic E-state index is 11.7. The molecule has 0 aliphatic carbocycles. The van der Waals surface area contributed by atoms with Crippen LogP contribution in [-0.2, 0) is 16.1 Å². The van der Waals surface area contributed by atoms with Gasteiger partial charge in [-0.3, -0.25) is 4.90 Å². The van der Waals surface area contributed by atoms with E-state index in [9.17, 15) is 9.59 Å². The van der Waals surface area contributed by atoms with Crippen molar-refractivity contribution >= 4 is 12.1 Å². The average molecular weight is 251 g/mol. The van der Waals surface area contributed by atoms with Crippen molar-refractivity contribution in [2.24, 2.45) is 0 Å². The molecule has 0 saturated heterocycles. The number of hydrogen-bond donors (Lipinski definition) is 1. The first-order valence-corrected chi connectivity index (χ1v) is 5.76. The Morgan fingerprint density at radius 2 is 1.94 bits per heavy atom. The fourth-order valence-corrected chi connectivity index (χ4v) is 1.48.